The number of fused-ring (bicyclic) bond motifs is 3. The van der Waals surface area contributed by atoms with Gasteiger partial charge < -0.3 is 9.04 Å². The summed E-state index contributed by atoms with van der Waals surface area (Å²) in [6.45, 7) is 2.73. The van der Waals surface area contributed by atoms with E-state index in [0.29, 0.717) is 6.61 Å². The molecule has 0 aliphatic carbocycles. The molecule has 4 aromatic rings. The second-order valence-electron chi connectivity index (χ2n) is 7.20. The quantitative estimate of drug-likeness (QED) is 0.347. The Balaban J connectivity index is 1.49. The minimum Gasteiger partial charge on any atom is -0.489 e. The topological polar surface area (TPSA) is 41.1 Å². The molecule has 3 aromatic carbocycles. The molecule has 0 amide bonds. The number of ether oxygens (including phenoxy) is 1. The molecule has 0 bridgehead atoms. The fraction of sp³-hybridized carbons (Fsp3) is 0.125. The maximum Gasteiger partial charge on any atom is 0.121 e. The van der Waals surface area contributed by atoms with Crippen molar-refractivity contribution in [2.45, 2.75) is 24.5 Å². The zero-order chi connectivity index (χ0) is 20.5. The molecule has 4 nitrogen and oxygen atoms in total. The molecule has 6 heteroatoms. The van der Waals surface area contributed by atoms with E-state index in [1.54, 1.807) is 11.9 Å². The van der Waals surface area contributed by atoms with Gasteiger partial charge in [0.1, 0.15) is 12.4 Å². The van der Waals surface area contributed by atoms with Crippen LogP contribution in [0, 0.1) is 0 Å². The van der Waals surface area contributed by atoms with E-state index in [2.05, 4.69) is 45.7 Å². The predicted molar refractivity (Wildman–Crippen MR) is 123 cm³/mol. The summed E-state index contributed by atoms with van der Waals surface area (Å²) in [5, 5.41) is 8.20. The summed E-state index contributed by atoms with van der Waals surface area (Å²) in [6, 6.07) is 24.5. The Morgan fingerprint density at radius 3 is 2.67 bits per heavy atom. The molecule has 1 unspecified atom stereocenters. The number of H-pyrrole nitrogens is 1. The Hall–Kier alpha value is -2.89. The van der Waals surface area contributed by atoms with Crippen molar-refractivity contribution in [2.24, 2.45) is 0 Å². The summed E-state index contributed by atoms with van der Waals surface area (Å²) in [5.74, 6) is 0.842. The van der Waals surface area contributed by atoms with Crippen molar-refractivity contribution in [1.29, 1.82) is 0 Å². The van der Waals surface area contributed by atoms with Gasteiger partial charge in [0, 0.05) is 27.1 Å². The molecular formula is C24H20ClN3OS. The van der Waals surface area contributed by atoms with Gasteiger partial charge in [-0.15, -0.1) is 0 Å². The Kier molecular flexibility index (Phi) is 5.15. The Morgan fingerprint density at radius 1 is 1.07 bits per heavy atom. The number of halogens is 1. The first-order valence-corrected chi connectivity index (χ1v) is 10.9. The third kappa shape index (κ3) is 3.66. The fourth-order valence-electron chi connectivity index (χ4n) is 3.64. The first-order chi connectivity index (χ1) is 14.7. The fourth-order valence-corrected chi connectivity index (χ4v) is 4.77. The van der Waals surface area contributed by atoms with Crippen LogP contribution in [0.4, 0.5) is 5.69 Å². The van der Waals surface area contributed by atoms with Crippen molar-refractivity contribution in [2.75, 3.05) is 4.31 Å². The molecule has 0 saturated carbocycles. The number of hydrogen-bond acceptors (Lipinski definition) is 4. The number of aromatic amines is 1. The molecule has 0 radical (unpaired) electrons. The molecule has 150 valence electrons. The minimum atomic E-state index is 0.149. The molecule has 2 heterocycles. The van der Waals surface area contributed by atoms with Gasteiger partial charge in [-0.3, -0.25) is 5.10 Å². The molecule has 30 heavy (non-hydrogen) atoms. The molecule has 1 N–H and O–H groups in total. The second kappa shape index (κ2) is 8.09. The standard InChI is InChI=1S/C24H20ClN3OS/c1-16-22-14-26-27-24(22)21-12-9-19(29-15-17-5-3-2-4-6-17)13-23(21)28(16)30-20-10-7-18(25)8-11-20/h2-14,16H,15H2,1H3,(H,26,27). The average molecular weight is 434 g/mol. The highest BCUT2D eigenvalue weighted by atomic mass is 35.5. The van der Waals surface area contributed by atoms with Crippen LogP contribution in [0.15, 0.2) is 83.9 Å². The van der Waals surface area contributed by atoms with E-state index in [9.17, 15) is 0 Å². The summed E-state index contributed by atoms with van der Waals surface area (Å²) in [4.78, 5) is 1.12. The normalized spacial score (nSPS) is 14.9. The van der Waals surface area contributed by atoms with Crippen LogP contribution in [0.3, 0.4) is 0 Å². The number of rotatable bonds is 5. The number of hydrogen-bond donors (Lipinski definition) is 1. The van der Waals surface area contributed by atoms with Crippen LogP contribution >= 0.6 is 23.5 Å². The Labute approximate surface area is 185 Å². The van der Waals surface area contributed by atoms with Gasteiger partial charge in [-0.1, -0.05) is 41.9 Å². The first-order valence-electron chi connectivity index (χ1n) is 9.76. The summed E-state index contributed by atoms with van der Waals surface area (Å²) in [5.41, 5.74) is 5.62. The van der Waals surface area contributed by atoms with E-state index in [-0.39, 0.29) is 6.04 Å². The minimum absolute atomic E-state index is 0.149. The summed E-state index contributed by atoms with van der Waals surface area (Å²) in [7, 11) is 0. The average Bonchev–Trinajstić information content (AvgIpc) is 3.27. The molecular weight excluding hydrogens is 414 g/mol. The van der Waals surface area contributed by atoms with Gasteiger partial charge in [0.2, 0.25) is 0 Å². The number of benzene rings is 3. The third-order valence-corrected chi connectivity index (χ3v) is 6.66. The number of nitrogens with one attached hydrogen (secondary N) is 1. The Bertz CT molecular complexity index is 1160. The van der Waals surface area contributed by atoms with Crippen molar-refractivity contribution in [3.63, 3.8) is 0 Å². The van der Waals surface area contributed by atoms with Crippen LogP contribution in [0.1, 0.15) is 24.1 Å². The van der Waals surface area contributed by atoms with Gasteiger partial charge in [0.25, 0.3) is 0 Å². The monoisotopic (exact) mass is 433 g/mol. The summed E-state index contributed by atoms with van der Waals surface area (Å²) < 4.78 is 8.41. The smallest absolute Gasteiger partial charge is 0.121 e. The van der Waals surface area contributed by atoms with Crippen molar-refractivity contribution in [3.8, 4) is 17.0 Å². The predicted octanol–water partition coefficient (Wildman–Crippen LogP) is 6.90. The lowest BCUT2D eigenvalue weighted by molar-refractivity contribution is 0.306. The molecule has 0 spiro atoms. The highest BCUT2D eigenvalue weighted by Gasteiger charge is 2.31. The van der Waals surface area contributed by atoms with E-state index < -0.39 is 0 Å². The molecule has 0 fully saturated rings. The molecule has 1 aromatic heterocycles. The largest absolute Gasteiger partial charge is 0.489 e. The van der Waals surface area contributed by atoms with E-state index in [0.717, 1.165) is 38.2 Å². The molecule has 5 rings (SSSR count). The van der Waals surface area contributed by atoms with Gasteiger partial charge in [-0.2, -0.15) is 5.10 Å². The lowest BCUT2D eigenvalue weighted by Gasteiger charge is -2.35. The first kappa shape index (κ1) is 19.1. The highest BCUT2D eigenvalue weighted by Crippen LogP contribution is 2.49. The van der Waals surface area contributed by atoms with Crippen molar-refractivity contribution in [3.05, 3.63) is 95.1 Å². The van der Waals surface area contributed by atoms with Gasteiger partial charge in [0.05, 0.1) is 23.6 Å². The third-order valence-electron chi connectivity index (χ3n) is 5.21. The number of nitrogens with zero attached hydrogens (tertiary/aromatic N) is 2. The van der Waals surface area contributed by atoms with Gasteiger partial charge in [-0.25, -0.2) is 0 Å². The van der Waals surface area contributed by atoms with Crippen molar-refractivity contribution < 1.29 is 4.74 Å². The van der Waals surface area contributed by atoms with E-state index >= 15 is 0 Å². The van der Waals surface area contributed by atoms with Crippen LogP contribution in [0.2, 0.25) is 5.02 Å². The molecule has 1 aliphatic rings. The van der Waals surface area contributed by atoms with Crippen LogP contribution in [0.5, 0.6) is 5.75 Å². The molecule has 0 saturated heterocycles. The van der Waals surface area contributed by atoms with Crippen LogP contribution in [-0.2, 0) is 6.61 Å². The number of aromatic nitrogens is 2. The molecule has 1 aliphatic heterocycles. The maximum atomic E-state index is 6.10. The van der Waals surface area contributed by atoms with E-state index in [1.165, 1.54) is 5.56 Å². The zero-order valence-corrected chi connectivity index (χ0v) is 18.0. The number of anilines is 1. The summed E-state index contributed by atoms with van der Waals surface area (Å²) >= 11 is 7.76. The van der Waals surface area contributed by atoms with Crippen molar-refractivity contribution >= 4 is 29.2 Å². The van der Waals surface area contributed by atoms with Crippen molar-refractivity contribution in [1.82, 2.24) is 10.2 Å². The second-order valence-corrected chi connectivity index (χ2v) is 8.68. The van der Waals surface area contributed by atoms with Gasteiger partial charge in [-0.05, 0) is 60.8 Å². The zero-order valence-electron chi connectivity index (χ0n) is 16.4. The van der Waals surface area contributed by atoms with E-state index in [1.807, 2.05) is 54.7 Å². The van der Waals surface area contributed by atoms with Crippen LogP contribution in [0.25, 0.3) is 11.3 Å². The Morgan fingerprint density at radius 2 is 1.87 bits per heavy atom. The van der Waals surface area contributed by atoms with Crippen LogP contribution < -0.4 is 9.04 Å². The lowest BCUT2D eigenvalue weighted by atomic mass is 9.97. The summed E-state index contributed by atoms with van der Waals surface area (Å²) in [6.07, 6.45) is 1.91. The highest BCUT2D eigenvalue weighted by molar-refractivity contribution is 8.00. The molecule has 1 atom stereocenters. The van der Waals surface area contributed by atoms with Crippen LogP contribution in [-0.4, -0.2) is 10.2 Å². The van der Waals surface area contributed by atoms with E-state index in [4.69, 9.17) is 16.3 Å². The lowest BCUT2D eigenvalue weighted by Crippen LogP contribution is -2.23. The SMILES string of the molecule is CC1c2cn[nH]c2-c2ccc(OCc3ccccc3)cc2N1Sc1ccc(Cl)cc1. The maximum absolute atomic E-state index is 6.10. The van der Waals surface area contributed by atoms with Gasteiger partial charge >= 0.3 is 0 Å². The van der Waals surface area contributed by atoms with Gasteiger partial charge in [0.15, 0.2) is 0 Å².